The molecule has 234 valence electrons. The molecule has 0 aromatic carbocycles. The molecule has 2 saturated carbocycles. The molecule has 6 saturated heterocycles. The summed E-state index contributed by atoms with van der Waals surface area (Å²) in [5.74, 6) is -0.300. The third-order valence-corrected chi connectivity index (χ3v) is 15.0. The summed E-state index contributed by atoms with van der Waals surface area (Å²) in [5, 5.41) is 0. The number of ether oxygens (including phenoxy) is 3. The van der Waals surface area contributed by atoms with E-state index in [2.05, 4.69) is 20.8 Å². The van der Waals surface area contributed by atoms with E-state index in [1.165, 1.54) is 11.1 Å². The number of carbonyl (C=O) groups is 3. The van der Waals surface area contributed by atoms with Crippen LogP contribution in [0.15, 0.2) is 46.1 Å². The van der Waals surface area contributed by atoms with Gasteiger partial charge < -0.3 is 14.2 Å². The molecule has 0 amide bonds. The maximum absolute atomic E-state index is 14.4. The van der Waals surface area contributed by atoms with Crippen molar-refractivity contribution in [1.29, 1.82) is 0 Å². The third kappa shape index (κ3) is 2.71. The lowest BCUT2D eigenvalue weighted by molar-refractivity contribution is -0.150. The predicted molar refractivity (Wildman–Crippen MR) is 158 cm³/mol. The van der Waals surface area contributed by atoms with Crippen molar-refractivity contribution in [1.82, 2.24) is 14.7 Å². The molecule has 12 aliphatic rings. The molecule has 5 unspecified atom stereocenters. The van der Waals surface area contributed by atoms with Gasteiger partial charge in [-0.25, -0.2) is 14.4 Å². The standard InChI is InChI=1S/C36H39N3O6/c40-30-11-18-10-22(26-16-34(18,43-30)27-4-2-9-39(26)27)32-24-13-21(25-17-36(24,45-33(32)42)29-6-3-8-38(25)29)20-12-19-15-35(23(20)14-31(41)44-35)28-5-1-7-37(19)28/h11-12,14,19,21-22,25-29H,1-10,13,15-17H2/t19-,21?,22?,25+,26+,27?,28?,29?,34+,35+,36+/m1/s1. The van der Waals surface area contributed by atoms with Crippen LogP contribution < -0.4 is 0 Å². The Hall–Kier alpha value is -2.75. The second-order valence-electron chi connectivity index (χ2n) is 16.3. The van der Waals surface area contributed by atoms with E-state index in [0.29, 0.717) is 12.5 Å². The molecule has 0 radical (unpaired) electrons. The molecule has 9 heteroatoms. The summed E-state index contributed by atoms with van der Waals surface area (Å²) in [6, 6.07) is 1.50. The van der Waals surface area contributed by atoms with Crippen LogP contribution >= 0.6 is 0 Å². The molecule has 9 nitrogen and oxygen atoms in total. The number of nitrogens with zero attached hydrogens (tertiary/aromatic N) is 3. The van der Waals surface area contributed by atoms with Gasteiger partial charge in [0.05, 0.1) is 18.1 Å². The van der Waals surface area contributed by atoms with Crippen molar-refractivity contribution in [3.63, 3.8) is 0 Å². The van der Waals surface area contributed by atoms with E-state index in [9.17, 15) is 14.4 Å². The lowest BCUT2D eigenvalue weighted by Crippen LogP contribution is -2.46. The van der Waals surface area contributed by atoms with E-state index in [1.54, 1.807) is 6.08 Å². The Labute approximate surface area is 262 Å². The van der Waals surface area contributed by atoms with E-state index in [-0.39, 0.29) is 60.0 Å². The first-order chi connectivity index (χ1) is 21.9. The highest BCUT2D eigenvalue weighted by atomic mass is 16.6. The number of hydrogen-bond donors (Lipinski definition) is 0. The molecule has 3 aliphatic carbocycles. The molecular formula is C36H39N3O6. The van der Waals surface area contributed by atoms with Gasteiger partial charge in [-0.1, -0.05) is 6.08 Å². The minimum Gasteiger partial charge on any atom is -0.450 e. The Bertz CT molecular complexity index is 1680. The molecule has 9 aliphatic heterocycles. The Morgan fingerprint density at radius 2 is 1.31 bits per heavy atom. The van der Waals surface area contributed by atoms with Gasteiger partial charge in [0.15, 0.2) is 16.8 Å². The van der Waals surface area contributed by atoms with Crippen LogP contribution in [0.2, 0.25) is 0 Å². The first-order valence-corrected chi connectivity index (χ1v) is 17.8. The lowest BCUT2D eigenvalue weighted by atomic mass is 9.63. The minimum atomic E-state index is -0.541. The van der Waals surface area contributed by atoms with Crippen LogP contribution in [0.5, 0.6) is 0 Å². The van der Waals surface area contributed by atoms with Gasteiger partial charge in [-0.3, -0.25) is 14.7 Å². The maximum atomic E-state index is 14.4. The maximum Gasteiger partial charge on any atom is 0.335 e. The number of rotatable bonds is 2. The quantitative estimate of drug-likeness (QED) is 0.347. The smallest absolute Gasteiger partial charge is 0.335 e. The Kier molecular flexibility index (Phi) is 4.42. The molecule has 0 aromatic rings. The van der Waals surface area contributed by atoms with Crippen molar-refractivity contribution in [2.75, 3.05) is 19.6 Å². The van der Waals surface area contributed by atoms with Gasteiger partial charge in [-0.15, -0.1) is 0 Å². The van der Waals surface area contributed by atoms with Crippen LogP contribution in [0.1, 0.15) is 70.6 Å². The average Bonchev–Trinajstić information content (AvgIpc) is 3.85. The molecule has 45 heavy (non-hydrogen) atoms. The van der Waals surface area contributed by atoms with Crippen LogP contribution in [0.3, 0.4) is 0 Å². The molecule has 9 heterocycles. The first-order valence-electron chi connectivity index (χ1n) is 17.8. The van der Waals surface area contributed by atoms with Gasteiger partial charge >= 0.3 is 17.9 Å². The summed E-state index contributed by atoms with van der Waals surface area (Å²) < 4.78 is 19.2. The number of carbonyl (C=O) groups excluding carboxylic acids is 3. The SMILES string of the molecule is O=C1C=C2C(C3CC4=C(C5CC6=CC(=O)O[C@@]67C[C@@H]5N5CCCC57)C(=O)O[C@@]45C[C@@H]3N3CCCC35)=C[C@@H]3C[C@@]2(O1)C1CCCN13. The van der Waals surface area contributed by atoms with Crippen molar-refractivity contribution in [2.45, 2.75) is 124 Å². The van der Waals surface area contributed by atoms with E-state index >= 15 is 0 Å². The highest BCUT2D eigenvalue weighted by Gasteiger charge is 2.71. The Morgan fingerprint density at radius 3 is 2.11 bits per heavy atom. The van der Waals surface area contributed by atoms with Crippen molar-refractivity contribution in [2.24, 2.45) is 11.8 Å². The number of esters is 3. The van der Waals surface area contributed by atoms with Crippen molar-refractivity contribution >= 4 is 17.9 Å². The van der Waals surface area contributed by atoms with E-state index < -0.39 is 16.8 Å². The average molecular weight is 610 g/mol. The normalized spacial score (nSPS) is 51.7. The summed E-state index contributed by atoms with van der Waals surface area (Å²) in [6.45, 7) is 3.10. The Balaban J connectivity index is 1.02. The second kappa shape index (κ2) is 7.85. The zero-order valence-electron chi connectivity index (χ0n) is 25.5. The zero-order valence-corrected chi connectivity index (χ0v) is 25.5. The molecular weight excluding hydrogens is 570 g/mol. The largest absolute Gasteiger partial charge is 0.450 e. The fourth-order valence-corrected chi connectivity index (χ4v) is 13.8. The topological polar surface area (TPSA) is 88.6 Å². The van der Waals surface area contributed by atoms with Gasteiger partial charge in [0.25, 0.3) is 0 Å². The van der Waals surface area contributed by atoms with Gasteiger partial charge in [-0.2, -0.15) is 0 Å². The van der Waals surface area contributed by atoms with Crippen molar-refractivity contribution < 1.29 is 28.6 Å². The van der Waals surface area contributed by atoms with Crippen LogP contribution in [0.4, 0.5) is 0 Å². The van der Waals surface area contributed by atoms with Gasteiger partial charge in [0, 0.05) is 72.5 Å². The summed E-state index contributed by atoms with van der Waals surface area (Å²) in [7, 11) is 0. The first kappa shape index (κ1) is 25.4. The van der Waals surface area contributed by atoms with Crippen LogP contribution in [0, 0.1) is 11.8 Å². The summed E-state index contributed by atoms with van der Waals surface area (Å²) >= 11 is 0. The number of fused-ring (bicyclic) bond motifs is 9. The summed E-state index contributed by atoms with van der Waals surface area (Å²) in [5.41, 5.74) is 4.16. The second-order valence-corrected chi connectivity index (χ2v) is 16.3. The summed E-state index contributed by atoms with van der Waals surface area (Å²) in [4.78, 5) is 48.0. The monoisotopic (exact) mass is 609 g/mol. The van der Waals surface area contributed by atoms with Gasteiger partial charge in [0.2, 0.25) is 0 Å². The van der Waals surface area contributed by atoms with Gasteiger partial charge in [-0.05, 0) is 87.7 Å². The number of hydrogen-bond acceptors (Lipinski definition) is 9. The highest BCUT2D eigenvalue weighted by molar-refractivity contribution is 5.95. The molecule has 12 rings (SSSR count). The van der Waals surface area contributed by atoms with Crippen LogP contribution in [0.25, 0.3) is 0 Å². The van der Waals surface area contributed by atoms with E-state index in [0.717, 1.165) is 101 Å². The Morgan fingerprint density at radius 1 is 0.667 bits per heavy atom. The molecule has 11 atom stereocenters. The fourth-order valence-electron chi connectivity index (χ4n) is 13.8. The zero-order chi connectivity index (χ0) is 29.6. The highest BCUT2D eigenvalue weighted by Crippen LogP contribution is 2.65. The fraction of sp³-hybridized carbons (Fsp3) is 0.694. The van der Waals surface area contributed by atoms with E-state index in [1.807, 2.05) is 6.08 Å². The van der Waals surface area contributed by atoms with Crippen molar-refractivity contribution in [3.8, 4) is 0 Å². The van der Waals surface area contributed by atoms with E-state index in [4.69, 9.17) is 14.2 Å². The molecule has 0 N–H and O–H groups in total. The molecule has 0 aromatic heterocycles. The minimum absolute atomic E-state index is 0.0143. The molecule has 6 bridgehead atoms. The third-order valence-electron chi connectivity index (χ3n) is 15.0. The predicted octanol–water partition coefficient (Wildman–Crippen LogP) is 2.71. The summed E-state index contributed by atoms with van der Waals surface area (Å²) in [6.07, 6.45) is 16.6. The molecule has 8 fully saturated rings. The van der Waals surface area contributed by atoms with Crippen molar-refractivity contribution in [3.05, 3.63) is 46.1 Å². The van der Waals surface area contributed by atoms with Gasteiger partial charge in [0.1, 0.15) is 0 Å². The molecule has 3 spiro atoms. The van der Waals surface area contributed by atoms with Crippen LogP contribution in [-0.4, -0.2) is 105 Å². The lowest BCUT2D eigenvalue weighted by Gasteiger charge is -2.42. The van der Waals surface area contributed by atoms with Crippen LogP contribution in [-0.2, 0) is 28.6 Å².